The van der Waals surface area contributed by atoms with Crippen LogP contribution >= 0.6 is 11.3 Å². The van der Waals surface area contributed by atoms with Crippen molar-refractivity contribution >= 4 is 28.8 Å². The number of fused-ring (bicyclic) bond motifs is 3. The SMILES string of the molecule is COc1ccc([C@H]2C3=C(N=c4s/c(=C/c5ccc(-c6ccc(C)cc6[N+](=O)[O-])o5)c(=O)n42)c2ccccc2CC3)cc1. The standard InChI is InChI=1S/C33H25N3O5S/c1-19-7-14-25(27(17-19)36(38)39)28-16-13-23(41-28)18-29-32(37)35-31(21-8-11-22(40-2)12-9-21)26-15-10-20-5-3-4-6-24(20)30(26)34-33(35)42-29/h3-9,11-14,16-18,31H,10,15H2,1-2H3/b29-18+/t31-/m0/s1. The van der Waals surface area contributed by atoms with Gasteiger partial charge in [0.25, 0.3) is 11.2 Å². The maximum absolute atomic E-state index is 14.0. The van der Waals surface area contributed by atoms with Crippen LogP contribution in [0.15, 0.2) is 98.6 Å². The van der Waals surface area contributed by atoms with Gasteiger partial charge in [-0.25, -0.2) is 4.99 Å². The number of hydrogen-bond donors (Lipinski definition) is 0. The molecule has 0 amide bonds. The van der Waals surface area contributed by atoms with Crippen LogP contribution in [0.25, 0.3) is 23.1 Å². The number of nitrogens with zero attached hydrogens (tertiary/aromatic N) is 3. The second-order valence-corrected chi connectivity index (χ2v) is 11.4. The molecule has 1 atom stereocenters. The van der Waals surface area contributed by atoms with Gasteiger partial charge in [0.05, 0.1) is 33.9 Å². The summed E-state index contributed by atoms with van der Waals surface area (Å²) in [4.78, 5) is 30.9. The molecule has 3 heterocycles. The predicted molar refractivity (Wildman–Crippen MR) is 161 cm³/mol. The van der Waals surface area contributed by atoms with E-state index in [-0.39, 0.29) is 17.3 Å². The zero-order valence-corrected chi connectivity index (χ0v) is 23.7. The van der Waals surface area contributed by atoms with Gasteiger partial charge in [0, 0.05) is 17.7 Å². The van der Waals surface area contributed by atoms with Gasteiger partial charge in [-0.05, 0) is 72.4 Å². The van der Waals surface area contributed by atoms with Gasteiger partial charge in [-0.15, -0.1) is 0 Å². The topological polar surface area (TPSA) is 99.9 Å². The molecule has 7 rings (SSSR count). The fourth-order valence-electron chi connectivity index (χ4n) is 5.81. The number of hydrogen-bond acceptors (Lipinski definition) is 7. The van der Waals surface area contributed by atoms with E-state index in [2.05, 4.69) is 12.1 Å². The molecule has 0 unspecified atom stereocenters. The molecule has 2 aliphatic rings. The van der Waals surface area contributed by atoms with Crippen molar-refractivity contribution in [1.82, 2.24) is 4.57 Å². The Morgan fingerprint density at radius 3 is 2.64 bits per heavy atom. The Balaban J connectivity index is 1.38. The Hall–Kier alpha value is -5.02. The van der Waals surface area contributed by atoms with Crippen molar-refractivity contribution < 1.29 is 14.1 Å². The number of aryl methyl sites for hydroxylation is 2. The Labute approximate surface area is 244 Å². The average Bonchev–Trinajstić information content (AvgIpc) is 3.60. The first-order valence-corrected chi connectivity index (χ1v) is 14.4. The summed E-state index contributed by atoms with van der Waals surface area (Å²) in [6.07, 6.45) is 3.37. The first-order chi connectivity index (χ1) is 20.4. The van der Waals surface area contributed by atoms with Gasteiger partial charge in [-0.1, -0.05) is 53.8 Å². The summed E-state index contributed by atoms with van der Waals surface area (Å²) in [5, 5.41) is 11.7. The molecule has 0 spiro atoms. The smallest absolute Gasteiger partial charge is 0.280 e. The molecule has 0 N–H and O–H groups in total. The minimum atomic E-state index is -0.415. The van der Waals surface area contributed by atoms with Crippen molar-refractivity contribution in [1.29, 1.82) is 0 Å². The van der Waals surface area contributed by atoms with Gasteiger partial charge < -0.3 is 9.15 Å². The lowest BCUT2D eigenvalue weighted by Crippen LogP contribution is -2.38. The van der Waals surface area contributed by atoms with E-state index in [1.807, 2.05) is 42.5 Å². The fraction of sp³-hybridized carbons (Fsp3) is 0.152. The Morgan fingerprint density at radius 1 is 1.05 bits per heavy atom. The molecule has 0 bridgehead atoms. The molecule has 2 aromatic heterocycles. The van der Waals surface area contributed by atoms with Crippen LogP contribution < -0.4 is 19.6 Å². The largest absolute Gasteiger partial charge is 0.497 e. The number of benzene rings is 3. The highest BCUT2D eigenvalue weighted by Gasteiger charge is 2.32. The van der Waals surface area contributed by atoms with Crippen LogP contribution in [0.5, 0.6) is 5.75 Å². The van der Waals surface area contributed by atoms with Gasteiger partial charge in [-0.3, -0.25) is 19.5 Å². The highest BCUT2D eigenvalue weighted by atomic mass is 32.1. The monoisotopic (exact) mass is 575 g/mol. The lowest BCUT2D eigenvalue weighted by atomic mass is 9.83. The molecule has 0 radical (unpaired) electrons. The number of nitro groups is 1. The lowest BCUT2D eigenvalue weighted by molar-refractivity contribution is -0.384. The van der Waals surface area contributed by atoms with Gasteiger partial charge >= 0.3 is 0 Å². The summed E-state index contributed by atoms with van der Waals surface area (Å²) in [5.74, 6) is 1.54. The summed E-state index contributed by atoms with van der Waals surface area (Å²) in [6.45, 7) is 1.81. The molecular formula is C33H25N3O5S. The molecule has 42 heavy (non-hydrogen) atoms. The molecule has 1 aliphatic heterocycles. The van der Waals surface area contributed by atoms with E-state index < -0.39 is 4.92 Å². The van der Waals surface area contributed by atoms with Crippen LogP contribution in [0.1, 0.15) is 40.5 Å². The molecule has 8 nitrogen and oxygen atoms in total. The van der Waals surface area contributed by atoms with E-state index in [4.69, 9.17) is 14.1 Å². The fourth-order valence-corrected chi connectivity index (χ4v) is 6.80. The Bertz CT molecular complexity index is 2100. The molecule has 0 saturated heterocycles. The Morgan fingerprint density at radius 2 is 1.86 bits per heavy atom. The van der Waals surface area contributed by atoms with Crippen molar-refractivity contribution in [3.05, 3.63) is 142 Å². The molecular weight excluding hydrogens is 550 g/mol. The summed E-state index contributed by atoms with van der Waals surface area (Å²) in [5.41, 5.74) is 6.36. The van der Waals surface area contributed by atoms with Gasteiger partial charge in [0.1, 0.15) is 17.3 Å². The first kappa shape index (κ1) is 25.9. The van der Waals surface area contributed by atoms with Gasteiger partial charge in [0.15, 0.2) is 4.80 Å². The van der Waals surface area contributed by atoms with E-state index in [1.165, 1.54) is 23.0 Å². The highest BCUT2D eigenvalue weighted by molar-refractivity contribution is 7.07. The number of furan rings is 1. The maximum atomic E-state index is 14.0. The van der Waals surface area contributed by atoms with E-state index in [1.54, 1.807) is 42.9 Å². The number of ether oxygens (including phenoxy) is 1. The van der Waals surface area contributed by atoms with E-state index >= 15 is 0 Å². The second kappa shape index (κ2) is 10.1. The van der Waals surface area contributed by atoms with Crippen molar-refractivity contribution in [3.8, 4) is 17.1 Å². The number of nitro benzene ring substituents is 1. The van der Waals surface area contributed by atoms with Gasteiger partial charge in [-0.2, -0.15) is 0 Å². The highest BCUT2D eigenvalue weighted by Crippen LogP contribution is 2.41. The number of rotatable bonds is 5. The summed E-state index contributed by atoms with van der Waals surface area (Å²) in [6, 6.07) is 24.3. The van der Waals surface area contributed by atoms with Crippen LogP contribution in [-0.2, 0) is 6.42 Å². The number of allylic oxidation sites excluding steroid dienone is 1. The van der Waals surface area contributed by atoms with E-state index in [0.29, 0.717) is 26.4 Å². The number of thiazole rings is 1. The minimum Gasteiger partial charge on any atom is -0.497 e. The van der Waals surface area contributed by atoms with Crippen LogP contribution in [0.2, 0.25) is 0 Å². The molecule has 1 aliphatic carbocycles. The van der Waals surface area contributed by atoms with Crippen molar-refractivity contribution in [3.63, 3.8) is 0 Å². The van der Waals surface area contributed by atoms with Crippen molar-refractivity contribution in [2.24, 2.45) is 4.99 Å². The third kappa shape index (κ3) is 4.29. The second-order valence-electron chi connectivity index (χ2n) is 10.4. The van der Waals surface area contributed by atoms with Crippen molar-refractivity contribution in [2.75, 3.05) is 7.11 Å². The van der Waals surface area contributed by atoms with E-state index in [9.17, 15) is 14.9 Å². The van der Waals surface area contributed by atoms with Crippen molar-refractivity contribution in [2.45, 2.75) is 25.8 Å². The third-order valence-electron chi connectivity index (χ3n) is 7.82. The molecule has 3 aromatic carbocycles. The number of methoxy groups -OCH3 is 1. The predicted octanol–water partition coefficient (Wildman–Crippen LogP) is 5.80. The third-order valence-corrected chi connectivity index (χ3v) is 8.80. The minimum absolute atomic E-state index is 0.0272. The summed E-state index contributed by atoms with van der Waals surface area (Å²) >= 11 is 1.31. The number of aromatic nitrogens is 1. The average molecular weight is 576 g/mol. The zero-order chi connectivity index (χ0) is 29.0. The quantitative estimate of drug-likeness (QED) is 0.195. The Kier molecular flexibility index (Phi) is 6.24. The molecule has 9 heteroatoms. The van der Waals surface area contributed by atoms with Crippen LogP contribution in [0, 0.1) is 17.0 Å². The van der Waals surface area contributed by atoms with Gasteiger partial charge in [0.2, 0.25) is 0 Å². The zero-order valence-electron chi connectivity index (χ0n) is 22.9. The summed E-state index contributed by atoms with van der Waals surface area (Å²) in [7, 11) is 1.63. The van der Waals surface area contributed by atoms with Crippen LogP contribution in [0.4, 0.5) is 5.69 Å². The molecule has 5 aromatic rings. The first-order valence-electron chi connectivity index (χ1n) is 13.5. The molecule has 208 valence electrons. The van der Waals surface area contributed by atoms with Crippen LogP contribution in [-0.4, -0.2) is 16.6 Å². The maximum Gasteiger partial charge on any atom is 0.280 e. The molecule has 0 saturated carbocycles. The van der Waals surface area contributed by atoms with E-state index in [0.717, 1.165) is 46.6 Å². The van der Waals surface area contributed by atoms with Crippen LogP contribution in [0.3, 0.4) is 0 Å². The molecule has 0 fully saturated rings. The normalized spacial score (nSPS) is 16.0. The lowest BCUT2D eigenvalue weighted by Gasteiger charge is -2.30. The summed E-state index contributed by atoms with van der Waals surface area (Å²) < 4.78 is 13.6.